The first-order chi connectivity index (χ1) is 18.6. The summed E-state index contributed by atoms with van der Waals surface area (Å²) < 4.78 is 11.0. The van der Waals surface area contributed by atoms with Gasteiger partial charge < -0.3 is 9.47 Å². The lowest BCUT2D eigenvalue weighted by Gasteiger charge is -2.18. The lowest BCUT2D eigenvalue weighted by atomic mass is 9.86. The Morgan fingerprint density at radius 1 is 0.553 bits per heavy atom. The minimum atomic E-state index is -0.430. The summed E-state index contributed by atoms with van der Waals surface area (Å²) in [6.07, 6.45) is 0. The molecule has 0 spiro atoms. The largest absolute Gasteiger partial charge is 0.462 e. The molecule has 6 rings (SSSR count). The Kier molecular flexibility index (Phi) is 6.01. The second-order valence-corrected chi connectivity index (χ2v) is 9.22. The average molecular weight is 499 g/mol. The fourth-order valence-corrected chi connectivity index (χ4v) is 5.40. The minimum Gasteiger partial charge on any atom is -0.462 e. The molecule has 0 aromatic heterocycles. The molecule has 0 radical (unpaired) electrons. The second kappa shape index (κ2) is 9.64. The van der Waals surface area contributed by atoms with Crippen LogP contribution in [0.3, 0.4) is 0 Å². The molecule has 0 saturated carbocycles. The summed E-state index contributed by atoms with van der Waals surface area (Å²) in [5.74, 6) is -0.860. The smallest absolute Gasteiger partial charge is 0.338 e. The lowest BCUT2D eigenvalue weighted by Crippen LogP contribution is -2.12. The third-order valence-electron chi connectivity index (χ3n) is 7.05. The quantitative estimate of drug-likeness (QED) is 0.171. The normalized spacial score (nSPS) is 11.3. The molecular formula is C34H26O4. The molecule has 38 heavy (non-hydrogen) atoms. The molecular weight excluding hydrogens is 472 g/mol. The molecule has 0 N–H and O–H groups in total. The highest BCUT2D eigenvalue weighted by Gasteiger charge is 2.24. The van der Waals surface area contributed by atoms with Crippen LogP contribution in [0.4, 0.5) is 0 Å². The predicted octanol–water partition coefficient (Wildman–Crippen LogP) is 8.27. The van der Waals surface area contributed by atoms with Gasteiger partial charge in [0.15, 0.2) is 0 Å². The van der Waals surface area contributed by atoms with E-state index >= 15 is 0 Å². The second-order valence-electron chi connectivity index (χ2n) is 9.22. The highest BCUT2D eigenvalue weighted by atomic mass is 16.5. The van der Waals surface area contributed by atoms with Gasteiger partial charge in [0.05, 0.1) is 24.3 Å². The van der Waals surface area contributed by atoms with Crippen molar-refractivity contribution >= 4 is 44.3 Å². The molecule has 6 aromatic carbocycles. The van der Waals surface area contributed by atoms with Crippen molar-refractivity contribution in [2.75, 3.05) is 13.2 Å². The SMILES string of the molecule is CCOC(=O)c1cc(-c2ccc3ccc4cccc5ccc2c3c45)c(C(=O)OCC)cc1-c1ccccc1. The zero-order chi connectivity index (χ0) is 26.2. The lowest BCUT2D eigenvalue weighted by molar-refractivity contribution is 0.0513. The monoisotopic (exact) mass is 498 g/mol. The molecule has 0 atom stereocenters. The first-order valence-corrected chi connectivity index (χ1v) is 12.8. The molecule has 186 valence electrons. The van der Waals surface area contributed by atoms with Crippen LogP contribution in [0.5, 0.6) is 0 Å². The zero-order valence-corrected chi connectivity index (χ0v) is 21.3. The van der Waals surface area contributed by atoms with E-state index in [2.05, 4.69) is 48.5 Å². The van der Waals surface area contributed by atoms with E-state index in [4.69, 9.17) is 9.47 Å². The third-order valence-corrected chi connectivity index (χ3v) is 7.05. The van der Waals surface area contributed by atoms with E-state index < -0.39 is 11.9 Å². The van der Waals surface area contributed by atoms with E-state index in [1.165, 1.54) is 5.39 Å². The summed E-state index contributed by atoms with van der Waals surface area (Å²) in [4.78, 5) is 26.6. The number of ether oxygens (including phenoxy) is 2. The van der Waals surface area contributed by atoms with Gasteiger partial charge in [0.25, 0.3) is 0 Å². The zero-order valence-electron chi connectivity index (χ0n) is 21.3. The van der Waals surface area contributed by atoms with Gasteiger partial charge in [-0.2, -0.15) is 0 Å². The van der Waals surface area contributed by atoms with Crippen LogP contribution in [0.1, 0.15) is 34.6 Å². The molecule has 0 heterocycles. The van der Waals surface area contributed by atoms with Crippen molar-refractivity contribution in [3.8, 4) is 22.3 Å². The van der Waals surface area contributed by atoms with Crippen LogP contribution in [0.15, 0.2) is 97.1 Å². The highest BCUT2D eigenvalue weighted by Crippen LogP contribution is 2.41. The van der Waals surface area contributed by atoms with E-state index in [-0.39, 0.29) is 13.2 Å². The predicted molar refractivity (Wildman–Crippen MR) is 153 cm³/mol. The van der Waals surface area contributed by atoms with Crippen LogP contribution in [0, 0.1) is 0 Å². The Balaban J connectivity index is 1.70. The molecule has 0 aliphatic carbocycles. The number of carbonyl (C=O) groups is 2. The van der Waals surface area contributed by atoms with Crippen molar-refractivity contribution in [1.82, 2.24) is 0 Å². The van der Waals surface area contributed by atoms with Crippen molar-refractivity contribution in [3.05, 3.63) is 108 Å². The fraction of sp³-hybridized carbons (Fsp3) is 0.118. The summed E-state index contributed by atoms with van der Waals surface area (Å²) in [6, 6.07) is 32.0. The molecule has 0 fully saturated rings. The molecule has 0 unspecified atom stereocenters. The van der Waals surface area contributed by atoms with Crippen molar-refractivity contribution in [3.63, 3.8) is 0 Å². The molecule has 4 heteroatoms. The van der Waals surface area contributed by atoms with Crippen LogP contribution in [0.25, 0.3) is 54.6 Å². The Morgan fingerprint density at radius 2 is 1.11 bits per heavy atom. The molecule has 0 amide bonds. The molecule has 4 nitrogen and oxygen atoms in total. The van der Waals surface area contributed by atoms with Crippen molar-refractivity contribution in [2.45, 2.75) is 13.8 Å². The maximum Gasteiger partial charge on any atom is 0.338 e. The number of hydrogen-bond donors (Lipinski definition) is 0. The maximum atomic E-state index is 13.4. The van der Waals surface area contributed by atoms with Crippen LogP contribution < -0.4 is 0 Å². The minimum absolute atomic E-state index is 0.247. The van der Waals surface area contributed by atoms with Gasteiger partial charge in [0, 0.05) is 0 Å². The van der Waals surface area contributed by atoms with Crippen LogP contribution in [-0.2, 0) is 9.47 Å². The Morgan fingerprint density at radius 3 is 1.76 bits per heavy atom. The number of carbonyl (C=O) groups excluding carboxylic acids is 2. The molecule has 0 aliphatic heterocycles. The summed E-state index contributed by atoms with van der Waals surface area (Å²) >= 11 is 0. The Labute approximate surface area is 220 Å². The number of esters is 2. The highest BCUT2D eigenvalue weighted by molar-refractivity contribution is 6.26. The molecule has 0 bridgehead atoms. The van der Waals surface area contributed by atoms with Crippen molar-refractivity contribution in [2.24, 2.45) is 0 Å². The first kappa shape index (κ1) is 23.7. The van der Waals surface area contributed by atoms with Crippen LogP contribution in [-0.4, -0.2) is 25.2 Å². The van der Waals surface area contributed by atoms with E-state index in [0.29, 0.717) is 22.3 Å². The van der Waals surface area contributed by atoms with Crippen LogP contribution in [0.2, 0.25) is 0 Å². The van der Waals surface area contributed by atoms with Gasteiger partial charge in [-0.3, -0.25) is 0 Å². The Hall–Kier alpha value is -4.70. The molecule has 6 aromatic rings. The van der Waals surface area contributed by atoms with Crippen LogP contribution >= 0.6 is 0 Å². The molecule has 0 saturated heterocycles. The van der Waals surface area contributed by atoms with Gasteiger partial charge in [-0.1, -0.05) is 84.9 Å². The van der Waals surface area contributed by atoms with Gasteiger partial charge in [-0.15, -0.1) is 0 Å². The number of rotatable bonds is 6. The van der Waals surface area contributed by atoms with Gasteiger partial charge >= 0.3 is 11.9 Å². The third kappa shape index (κ3) is 3.86. The topological polar surface area (TPSA) is 52.6 Å². The summed E-state index contributed by atoms with van der Waals surface area (Å²) in [5, 5.41) is 6.79. The number of hydrogen-bond acceptors (Lipinski definition) is 4. The van der Waals surface area contributed by atoms with Gasteiger partial charge in [0.1, 0.15) is 0 Å². The van der Waals surface area contributed by atoms with Gasteiger partial charge in [0.2, 0.25) is 0 Å². The van der Waals surface area contributed by atoms with E-state index in [9.17, 15) is 9.59 Å². The number of benzene rings is 6. The van der Waals surface area contributed by atoms with Crippen molar-refractivity contribution < 1.29 is 19.1 Å². The fourth-order valence-electron chi connectivity index (χ4n) is 5.40. The van der Waals surface area contributed by atoms with Gasteiger partial charge in [-0.25, -0.2) is 9.59 Å². The van der Waals surface area contributed by atoms with E-state index in [1.807, 2.05) is 36.4 Å². The van der Waals surface area contributed by atoms with Crippen molar-refractivity contribution in [1.29, 1.82) is 0 Å². The first-order valence-electron chi connectivity index (χ1n) is 12.8. The average Bonchev–Trinajstić information content (AvgIpc) is 2.96. The summed E-state index contributed by atoms with van der Waals surface area (Å²) in [6.45, 7) is 4.07. The standard InChI is InChI=1S/C34H26O4/c1-3-37-33(35)29-20-28(30(34(36)38-4-2)19-27(29)21-9-6-5-7-10-21)25-17-15-24-14-13-22-11-8-12-23-16-18-26(25)32(24)31(22)23/h5-20H,3-4H2,1-2H3. The maximum absolute atomic E-state index is 13.4. The summed E-state index contributed by atoms with van der Waals surface area (Å²) in [5.41, 5.74) is 3.78. The Bertz CT molecular complexity index is 1800. The summed E-state index contributed by atoms with van der Waals surface area (Å²) in [7, 11) is 0. The molecule has 0 aliphatic rings. The van der Waals surface area contributed by atoms with Gasteiger partial charge in [-0.05, 0) is 80.6 Å². The van der Waals surface area contributed by atoms with E-state index in [1.54, 1.807) is 26.0 Å². The van der Waals surface area contributed by atoms with E-state index in [0.717, 1.165) is 38.1 Å².